The highest BCUT2D eigenvalue weighted by atomic mass is 16.5. The van der Waals surface area contributed by atoms with E-state index in [4.69, 9.17) is 9.15 Å². The van der Waals surface area contributed by atoms with Gasteiger partial charge in [-0.3, -0.25) is 0 Å². The normalized spacial score (nSPS) is 12.2. The Kier molecular flexibility index (Phi) is 6.18. The number of para-hydroxylation sites is 4. The standard InChI is InChI=1S/C46H29NO2/c1-3-13-31(14-4-1)43-44-38-29-33(25-28-36(38)35-17-7-8-18-37(35)46(44)49-45(43)32-15-5-2-6-16-32)30-23-26-34(27-24-30)47-39-19-9-11-21-41(39)48-42-22-12-10-20-40(42)47/h1-29H. The zero-order valence-electron chi connectivity index (χ0n) is 26.5. The van der Waals surface area contributed by atoms with Crippen LogP contribution in [0.1, 0.15) is 0 Å². The van der Waals surface area contributed by atoms with Gasteiger partial charge in [-0.05, 0) is 75.3 Å². The summed E-state index contributed by atoms with van der Waals surface area (Å²) in [6, 6.07) is 61.8. The van der Waals surface area contributed by atoms with Crippen molar-refractivity contribution in [2.75, 3.05) is 4.90 Å². The zero-order chi connectivity index (χ0) is 32.3. The van der Waals surface area contributed by atoms with E-state index in [-0.39, 0.29) is 0 Å². The van der Waals surface area contributed by atoms with Gasteiger partial charge in [-0.2, -0.15) is 0 Å². The molecule has 9 aromatic rings. The molecule has 0 atom stereocenters. The predicted octanol–water partition coefficient (Wildman–Crippen LogP) is 13.3. The molecule has 3 heteroatoms. The molecule has 49 heavy (non-hydrogen) atoms. The molecule has 0 saturated heterocycles. The van der Waals surface area contributed by atoms with Crippen molar-refractivity contribution in [3.05, 3.63) is 176 Å². The molecule has 1 aliphatic heterocycles. The summed E-state index contributed by atoms with van der Waals surface area (Å²) in [4.78, 5) is 2.27. The summed E-state index contributed by atoms with van der Waals surface area (Å²) in [5, 5.41) is 5.83. The molecular weight excluding hydrogens is 599 g/mol. The number of nitrogens with zero attached hydrogens (tertiary/aromatic N) is 1. The van der Waals surface area contributed by atoms with E-state index in [0.717, 1.165) is 78.5 Å². The van der Waals surface area contributed by atoms with Gasteiger partial charge in [-0.15, -0.1) is 0 Å². The monoisotopic (exact) mass is 627 g/mol. The third-order valence-corrected chi connectivity index (χ3v) is 9.65. The second-order valence-corrected chi connectivity index (χ2v) is 12.5. The van der Waals surface area contributed by atoms with Crippen molar-refractivity contribution in [1.82, 2.24) is 0 Å². The van der Waals surface area contributed by atoms with Crippen molar-refractivity contribution in [3.8, 4) is 45.1 Å². The highest BCUT2D eigenvalue weighted by Gasteiger charge is 2.26. The third-order valence-electron chi connectivity index (χ3n) is 9.65. The van der Waals surface area contributed by atoms with Crippen LogP contribution in [0.4, 0.5) is 17.1 Å². The Morgan fingerprint density at radius 1 is 0.388 bits per heavy atom. The quantitative estimate of drug-likeness (QED) is 0.182. The Bertz CT molecular complexity index is 2630. The summed E-state index contributed by atoms with van der Waals surface area (Å²) in [5.74, 6) is 2.58. The lowest BCUT2D eigenvalue weighted by Gasteiger charge is -2.32. The fraction of sp³-hybridized carbons (Fsp3) is 0. The maximum Gasteiger partial charge on any atom is 0.151 e. The summed E-state index contributed by atoms with van der Waals surface area (Å²) >= 11 is 0. The number of anilines is 3. The fourth-order valence-corrected chi connectivity index (χ4v) is 7.42. The van der Waals surface area contributed by atoms with Gasteiger partial charge in [-0.25, -0.2) is 0 Å². The highest BCUT2D eigenvalue weighted by molar-refractivity contribution is 6.29. The van der Waals surface area contributed by atoms with Gasteiger partial charge >= 0.3 is 0 Å². The van der Waals surface area contributed by atoms with Crippen LogP contribution in [0, 0.1) is 0 Å². The Morgan fingerprint density at radius 3 is 1.63 bits per heavy atom. The molecule has 0 aliphatic carbocycles. The first-order valence-corrected chi connectivity index (χ1v) is 16.6. The molecule has 0 fully saturated rings. The molecule has 0 unspecified atom stereocenters. The van der Waals surface area contributed by atoms with Crippen LogP contribution in [-0.4, -0.2) is 0 Å². The highest BCUT2D eigenvalue weighted by Crippen LogP contribution is 2.51. The van der Waals surface area contributed by atoms with Gasteiger partial charge in [0.2, 0.25) is 0 Å². The molecule has 0 bridgehead atoms. The summed E-state index contributed by atoms with van der Waals surface area (Å²) in [6.45, 7) is 0. The van der Waals surface area contributed by atoms with Crippen molar-refractivity contribution in [2.45, 2.75) is 0 Å². The van der Waals surface area contributed by atoms with E-state index in [1.807, 2.05) is 30.3 Å². The van der Waals surface area contributed by atoms with Crippen LogP contribution in [0.2, 0.25) is 0 Å². The second-order valence-electron chi connectivity index (χ2n) is 12.5. The molecule has 0 amide bonds. The Labute approximate surface area is 283 Å². The predicted molar refractivity (Wildman–Crippen MR) is 202 cm³/mol. The first-order valence-electron chi connectivity index (χ1n) is 16.6. The van der Waals surface area contributed by atoms with Crippen molar-refractivity contribution in [3.63, 3.8) is 0 Å². The number of fused-ring (bicyclic) bond motifs is 8. The number of hydrogen-bond donors (Lipinski definition) is 0. The van der Waals surface area contributed by atoms with Gasteiger partial charge in [0, 0.05) is 27.6 Å². The molecule has 0 radical (unpaired) electrons. The first-order chi connectivity index (χ1) is 24.3. The molecule has 230 valence electrons. The third kappa shape index (κ3) is 4.37. The maximum atomic E-state index is 6.93. The molecular formula is C46H29NO2. The molecule has 0 saturated carbocycles. The minimum absolute atomic E-state index is 0.847. The summed E-state index contributed by atoms with van der Waals surface area (Å²) in [7, 11) is 0. The van der Waals surface area contributed by atoms with E-state index in [1.165, 1.54) is 16.2 Å². The summed E-state index contributed by atoms with van der Waals surface area (Å²) in [5.41, 5.74) is 9.66. The number of hydrogen-bond acceptors (Lipinski definition) is 3. The van der Waals surface area contributed by atoms with Crippen LogP contribution >= 0.6 is 0 Å². The van der Waals surface area contributed by atoms with E-state index in [9.17, 15) is 0 Å². The SMILES string of the molecule is c1ccc(-c2oc3c4ccccc4c4ccc(-c5ccc(N6c7ccccc7Oc7ccccc76)cc5)cc4c3c2-c2ccccc2)cc1. The van der Waals surface area contributed by atoms with E-state index < -0.39 is 0 Å². The smallest absolute Gasteiger partial charge is 0.151 e. The van der Waals surface area contributed by atoms with E-state index in [2.05, 4.69) is 150 Å². The molecule has 3 nitrogen and oxygen atoms in total. The molecule has 0 N–H and O–H groups in total. The molecule has 0 spiro atoms. The van der Waals surface area contributed by atoms with Gasteiger partial charge < -0.3 is 14.1 Å². The fourth-order valence-electron chi connectivity index (χ4n) is 7.42. The van der Waals surface area contributed by atoms with Crippen LogP contribution in [0.15, 0.2) is 180 Å². The van der Waals surface area contributed by atoms with Gasteiger partial charge in [0.25, 0.3) is 0 Å². The van der Waals surface area contributed by atoms with Gasteiger partial charge in [0.1, 0.15) is 11.3 Å². The van der Waals surface area contributed by atoms with Crippen LogP contribution in [0.3, 0.4) is 0 Å². The minimum atomic E-state index is 0.847. The number of benzene rings is 8. The van der Waals surface area contributed by atoms with E-state index in [0.29, 0.717) is 0 Å². The minimum Gasteiger partial charge on any atom is -0.455 e. The lowest BCUT2D eigenvalue weighted by Crippen LogP contribution is -2.15. The van der Waals surface area contributed by atoms with Crippen LogP contribution in [0.5, 0.6) is 11.5 Å². The van der Waals surface area contributed by atoms with Gasteiger partial charge in [-0.1, -0.05) is 133 Å². The van der Waals surface area contributed by atoms with Crippen molar-refractivity contribution >= 4 is 49.6 Å². The number of furan rings is 1. The van der Waals surface area contributed by atoms with Crippen LogP contribution in [-0.2, 0) is 0 Å². The number of rotatable bonds is 4. The summed E-state index contributed by atoms with van der Waals surface area (Å²) in [6.07, 6.45) is 0. The van der Waals surface area contributed by atoms with Gasteiger partial charge in [0.05, 0.1) is 11.4 Å². The lowest BCUT2D eigenvalue weighted by molar-refractivity contribution is 0.477. The lowest BCUT2D eigenvalue weighted by atomic mass is 9.90. The maximum absolute atomic E-state index is 6.93. The molecule has 8 aromatic carbocycles. The molecule has 1 aromatic heterocycles. The van der Waals surface area contributed by atoms with E-state index >= 15 is 0 Å². The van der Waals surface area contributed by atoms with Crippen molar-refractivity contribution in [1.29, 1.82) is 0 Å². The summed E-state index contributed by atoms with van der Waals surface area (Å²) < 4.78 is 13.2. The number of ether oxygens (including phenoxy) is 1. The van der Waals surface area contributed by atoms with Crippen LogP contribution in [0.25, 0.3) is 66.1 Å². The van der Waals surface area contributed by atoms with Crippen molar-refractivity contribution in [2.24, 2.45) is 0 Å². The van der Waals surface area contributed by atoms with Gasteiger partial charge in [0.15, 0.2) is 11.5 Å². The Hall–Kier alpha value is -6.58. The second kappa shape index (κ2) is 11.0. The average Bonchev–Trinajstić information content (AvgIpc) is 3.59. The Morgan fingerprint density at radius 2 is 0.939 bits per heavy atom. The first kappa shape index (κ1) is 27.5. The van der Waals surface area contributed by atoms with Crippen molar-refractivity contribution < 1.29 is 9.15 Å². The topological polar surface area (TPSA) is 25.6 Å². The average molecular weight is 628 g/mol. The van der Waals surface area contributed by atoms with Crippen LogP contribution < -0.4 is 9.64 Å². The zero-order valence-corrected chi connectivity index (χ0v) is 26.5. The largest absolute Gasteiger partial charge is 0.455 e. The molecule has 1 aliphatic rings. The van der Waals surface area contributed by atoms with E-state index in [1.54, 1.807) is 0 Å². The Balaban J connectivity index is 1.18. The molecule has 10 rings (SSSR count). The molecule has 2 heterocycles.